The van der Waals surface area contributed by atoms with E-state index in [1.807, 2.05) is 44.2 Å². The number of aryl methyl sites for hydroxylation is 1. The second kappa shape index (κ2) is 11.0. The zero-order chi connectivity index (χ0) is 18.8. The third kappa shape index (κ3) is 6.50. The number of aliphatic hydroxyl groups is 1. The van der Waals surface area contributed by atoms with Crippen molar-refractivity contribution in [3.05, 3.63) is 71.3 Å². The van der Waals surface area contributed by atoms with Crippen LogP contribution in [0.5, 0.6) is 0 Å². The largest absolute Gasteiger partial charge is 0.466 e. The van der Waals surface area contributed by atoms with Gasteiger partial charge in [0.2, 0.25) is 0 Å². The predicted octanol–water partition coefficient (Wildman–Crippen LogP) is 4.61. The smallest absolute Gasteiger partial charge is 0.309 e. The molecule has 0 aliphatic carbocycles. The number of aliphatic hydroxyl groups excluding tert-OH is 1. The summed E-state index contributed by atoms with van der Waals surface area (Å²) in [5.41, 5.74) is 3.41. The van der Waals surface area contributed by atoms with E-state index >= 15 is 0 Å². The molecule has 3 nitrogen and oxygen atoms in total. The van der Waals surface area contributed by atoms with E-state index in [9.17, 15) is 4.79 Å². The number of benzene rings is 2. The minimum Gasteiger partial charge on any atom is -0.466 e. The molecule has 1 N–H and O–H groups in total. The van der Waals surface area contributed by atoms with Crippen LogP contribution in [-0.4, -0.2) is 22.9 Å². The molecule has 0 radical (unpaired) electrons. The highest BCUT2D eigenvalue weighted by molar-refractivity contribution is 7.99. The summed E-state index contributed by atoms with van der Waals surface area (Å²) in [6.45, 7) is 4.30. The fourth-order valence-electron chi connectivity index (χ4n) is 2.80. The summed E-state index contributed by atoms with van der Waals surface area (Å²) < 4.78 is 5.24. The Morgan fingerprint density at radius 2 is 1.69 bits per heavy atom. The number of hydrogen-bond donors (Lipinski definition) is 1. The topological polar surface area (TPSA) is 46.5 Å². The van der Waals surface area contributed by atoms with E-state index < -0.39 is 0 Å². The van der Waals surface area contributed by atoms with E-state index in [0.717, 1.165) is 24.2 Å². The molecule has 0 saturated heterocycles. The molecule has 0 fully saturated rings. The lowest BCUT2D eigenvalue weighted by Gasteiger charge is -2.22. The van der Waals surface area contributed by atoms with Crippen molar-refractivity contribution in [3.8, 4) is 0 Å². The summed E-state index contributed by atoms with van der Waals surface area (Å²) in [5, 5.41) is 9.35. The molecule has 2 aromatic carbocycles. The predicted molar refractivity (Wildman–Crippen MR) is 108 cm³/mol. The number of carbonyl (C=O) groups is 1. The molecular weight excluding hydrogens is 344 g/mol. The quantitative estimate of drug-likeness (QED) is 0.619. The summed E-state index contributed by atoms with van der Waals surface area (Å²) >= 11 is 1.81. The van der Waals surface area contributed by atoms with Crippen LogP contribution in [-0.2, 0) is 28.3 Å². The molecule has 0 unspecified atom stereocenters. The standard InChI is InChI=1S/C22H28O3S/c1-3-25-22(24)17(2)21(14-13-18-7-5-4-6-8-18)26-16-20-11-9-19(15-23)10-12-20/h4-12,17,21,23H,3,13-16H2,1-2H3/t17-,21-/m1/s1. The Kier molecular flexibility index (Phi) is 8.72. The van der Waals surface area contributed by atoms with Gasteiger partial charge >= 0.3 is 5.97 Å². The molecule has 2 rings (SSSR count). The number of carbonyl (C=O) groups excluding carboxylic acids is 1. The highest BCUT2D eigenvalue weighted by Crippen LogP contribution is 2.29. The first-order chi connectivity index (χ1) is 12.6. The van der Waals surface area contributed by atoms with Crippen LogP contribution >= 0.6 is 11.8 Å². The molecule has 0 bridgehead atoms. The average Bonchev–Trinajstić information content (AvgIpc) is 2.69. The summed E-state index contributed by atoms with van der Waals surface area (Å²) in [6, 6.07) is 18.4. The fraction of sp³-hybridized carbons (Fsp3) is 0.409. The number of thioether (sulfide) groups is 1. The van der Waals surface area contributed by atoms with Crippen molar-refractivity contribution in [3.63, 3.8) is 0 Å². The van der Waals surface area contributed by atoms with E-state index in [1.165, 1.54) is 11.1 Å². The van der Waals surface area contributed by atoms with Crippen molar-refractivity contribution in [1.29, 1.82) is 0 Å². The first-order valence-corrected chi connectivity index (χ1v) is 10.2. The van der Waals surface area contributed by atoms with Crippen LogP contribution in [0, 0.1) is 5.92 Å². The third-order valence-corrected chi connectivity index (χ3v) is 6.02. The second-order valence-electron chi connectivity index (χ2n) is 6.39. The van der Waals surface area contributed by atoms with Gasteiger partial charge < -0.3 is 9.84 Å². The van der Waals surface area contributed by atoms with Crippen LogP contribution in [0.1, 0.15) is 37.0 Å². The van der Waals surface area contributed by atoms with E-state index in [0.29, 0.717) is 6.61 Å². The van der Waals surface area contributed by atoms with Gasteiger partial charge in [-0.05, 0) is 36.5 Å². The maximum absolute atomic E-state index is 12.2. The lowest BCUT2D eigenvalue weighted by Crippen LogP contribution is -2.26. The van der Waals surface area contributed by atoms with Crippen molar-refractivity contribution in [2.75, 3.05) is 6.61 Å². The molecule has 0 aliphatic heterocycles. The lowest BCUT2D eigenvalue weighted by atomic mass is 10.0. The zero-order valence-electron chi connectivity index (χ0n) is 15.6. The number of rotatable bonds is 10. The molecule has 2 aromatic rings. The van der Waals surface area contributed by atoms with Crippen LogP contribution in [0.2, 0.25) is 0 Å². The van der Waals surface area contributed by atoms with Gasteiger partial charge in [0, 0.05) is 11.0 Å². The Bertz CT molecular complexity index is 655. The van der Waals surface area contributed by atoms with Crippen LogP contribution in [0.4, 0.5) is 0 Å². The molecule has 4 heteroatoms. The van der Waals surface area contributed by atoms with Crippen molar-refractivity contribution >= 4 is 17.7 Å². The Hall–Kier alpha value is -1.78. The van der Waals surface area contributed by atoms with Gasteiger partial charge in [-0.2, -0.15) is 11.8 Å². The minimum absolute atomic E-state index is 0.0625. The first-order valence-electron chi connectivity index (χ1n) is 9.14. The molecule has 0 saturated carbocycles. The van der Waals surface area contributed by atoms with Gasteiger partial charge in [-0.25, -0.2) is 0 Å². The fourth-order valence-corrected chi connectivity index (χ4v) is 4.08. The lowest BCUT2D eigenvalue weighted by molar-refractivity contribution is -0.147. The monoisotopic (exact) mass is 372 g/mol. The minimum atomic E-state index is -0.139. The average molecular weight is 373 g/mol. The number of ether oxygens (including phenoxy) is 1. The van der Waals surface area contributed by atoms with Gasteiger partial charge in [-0.3, -0.25) is 4.79 Å². The molecule has 140 valence electrons. The summed E-state index contributed by atoms with van der Waals surface area (Å²) in [6.07, 6.45) is 1.88. The summed E-state index contributed by atoms with van der Waals surface area (Å²) in [7, 11) is 0. The van der Waals surface area contributed by atoms with E-state index in [4.69, 9.17) is 9.84 Å². The van der Waals surface area contributed by atoms with E-state index in [-0.39, 0.29) is 23.7 Å². The summed E-state index contributed by atoms with van der Waals surface area (Å²) in [5.74, 6) is 0.587. The Morgan fingerprint density at radius 1 is 1.04 bits per heavy atom. The van der Waals surface area contributed by atoms with Gasteiger partial charge in [0.05, 0.1) is 19.1 Å². The molecule has 26 heavy (non-hydrogen) atoms. The Balaban J connectivity index is 1.99. The van der Waals surface area contributed by atoms with Crippen LogP contribution in [0.3, 0.4) is 0 Å². The number of esters is 1. The van der Waals surface area contributed by atoms with Gasteiger partial charge in [0.1, 0.15) is 0 Å². The van der Waals surface area contributed by atoms with Crippen LogP contribution in [0.15, 0.2) is 54.6 Å². The Morgan fingerprint density at radius 3 is 2.31 bits per heavy atom. The summed E-state index contributed by atoms with van der Waals surface area (Å²) in [4.78, 5) is 12.2. The van der Waals surface area contributed by atoms with Gasteiger partial charge in [0.25, 0.3) is 0 Å². The van der Waals surface area contributed by atoms with E-state index in [2.05, 4.69) is 24.3 Å². The zero-order valence-corrected chi connectivity index (χ0v) is 16.4. The SMILES string of the molecule is CCOC(=O)[C@H](C)[C@@H](CCc1ccccc1)SCc1ccc(CO)cc1. The van der Waals surface area contributed by atoms with Gasteiger partial charge in [-0.15, -0.1) is 0 Å². The highest BCUT2D eigenvalue weighted by Gasteiger charge is 2.25. The molecule has 2 atom stereocenters. The Labute approximate surface area is 160 Å². The van der Waals surface area contributed by atoms with Crippen LogP contribution in [0.25, 0.3) is 0 Å². The van der Waals surface area contributed by atoms with Crippen molar-refractivity contribution < 1.29 is 14.6 Å². The van der Waals surface area contributed by atoms with Crippen LogP contribution < -0.4 is 0 Å². The van der Waals surface area contributed by atoms with Gasteiger partial charge in [-0.1, -0.05) is 61.5 Å². The van der Waals surface area contributed by atoms with Crippen molar-refractivity contribution in [2.24, 2.45) is 5.92 Å². The van der Waals surface area contributed by atoms with Gasteiger partial charge in [0.15, 0.2) is 0 Å². The maximum atomic E-state index is 12.2. The highest BCUT2D eigenvalue weighted by atomic mass is 32.2. The molecule has 0 spiro atoms. The molecular formula is C22H28O3S. The molecule has 0 aromatic heterocycles. The molecule has 0 heterocycles. The van der Waals surface area contributed by atoms with Crippen molar-refractivity contribution in [2.45, 2.75) is 44.3 Å². The molecule has 0 aliphatic rings. The second-order valence-corrected chi connectivity index (χ2v) is 7.62. The number of hydrogen-bond acceptors (Lipinski definition) is 4. The maximum Gasteiger partial charge on any atom is 0.309 e. The van der Waals surface area contributed by atoms with E-state index in [1.54, 1.807) is 11.8 Å². The third-order valence-electron chi connectivity index (χ3n) is 4.45. The van der Waals surface area contributed by atoms with Crippen molar-refractivity contribution in [1.82, 2.24) is 0 Å². The normalized spacial score (nSPS) is 13.2. The first kappa shape index (κ1) is 20.5. The molecule has 0 amide bonds.